The lowest BCUT2D eigenvalue weighted by Gasteiger charge is -1.99. The molecule has 74 valence electrons. The summed E-state index contributed by atoms with van der Waals surface area (Å²) in [7, 11) is 0. The number of ether oxygens (including phenoxy) is 1. The van der Waals surface area contributed by atoms with Gasteiger partial charge in [-0.15, -0.1) is 0 Å². The van der Waals surface area contributed by atoms with Gasteiger partial charge in [-0.1, -0.05) is 13.3 Å². The molecule has 0 spiro atoms. The number of nitrogens with zero attached hydrogens (tertiary/aromatic N) is 4. The van der Waals surface area contributed by atoms with Crippen LogP contribution in [0.4, 0.5) is 0 Å². The van der Waals surface area contributed by atoms with Crippen LogP contribution < -0.4 is 0 Å². The monoisotopic (exact) mass is 194 g/mol. The van der Waals surface area contributed by atoms with Gasteiger partial charge in [0.2, 0.25) is 6.34 Å². The summed E-state index contributed by atoms with van der Waals surface area (Å²) in [6.45, 7) is 2.33. The molecule has 0 aromatic carbocycles. The fourth-order valence-electron chi connectivity index (χ4n) is 0.855. The van der Waals surface area contributed by atoms with Gasteiger partial charge in [0.1, 0.15) is 0 Å². The van der Waals surface area contributed by atoms with Crippen molar-refractivity contribution in [2.45, 2.75) is 19.8 Å². The Morgan fingerprint density at radius 1 is 1.71 bits per heavy atom. The van der Waals surface area contributed by atoms with Crippen molar-refractivity contribution >= 4 is 23.9 Å². The Labute approximate surface area is 80.9 Å². The first-order valence-electron chi connectivity index (χ1n) is 4.29. The maximum atomic E-state index is 11.3. The van der Waals surface area contributed by atoms with E-state index in [9.17, 15) is 4.79 Å². The van der Waals surface area contributed by atoms with Gasteiger partial charge in [-0.25, -0.2) is 4.79 Å². The van der Waals surface area contributed by atoms with Gasteiger partial charge in [0.05, 0.1) is 6.61 Å². The molecule has 6 nitrogen and oxygen atoms in total. The molecule has 1 rings (SSSR count). The van der Waals surface area contributed by atoms with Gasteiger partial charge >= 0.3 is 11.8 Å². The van der Waals surface area contributed by atoms with Crippen LogP contribution in [-0.4, -0.2) is 35.3 Å². The summed E-state index contributed by atoms with van der Waals surface area (Å²) in [6.07, 6.45) is 2.88. The largest absolute Gasteiger partial charge is 0.497 e. The lowest BCUT2D eigenvalue weighted by molar-refractivity contribution is -0.135. The highest BCUT2D eigenvalue weighted by molar-refractivity contribution is 6.66. The van der Waals surface area contributed by atoms with Gasteiger partial charge in [-0.2, -0.15) is 4.99 Å². The molecule has 0 saturated heterocycles. The quantitative estimate of drug-likeness (QED) is 0.281. The van der Waals surface area contributed by atoms with Crippen LogP contribution in [0.5, 0.6) is 0 Å². The zero-order chi connectivity index (χ0) is 10.4. The van der Waals surface area contributed by atoms with Crippen molar-refractivity contribution in [3.63, 3.8) is 0 Å². The van der Waals surface area contributed by atoms with Gasteiger partial charge in [0.15, 0.2) is 0 Å². The highest BCUT2D eigenvalue weighted by Gasteiger charge is 2.30. The third-order valence-corrected chi connectivity index (χ3v) is 1.60. The third-order valence-electron chi connectivity index (χ3n) is 1.60. The molecule has 0 amide bonds. The molecule has 6 heteroatoms. The van der Waals surface area contributed by atoms with Crippen LogP contribution in [0.15, 0.2) is 9.98 Å². The molecule has 0 atom stereocenters. The van der Waals surface area contributed by atoms with E-state index in [4.69, 9.17) is 10.3 Å². The Morgan fingerprint density at radius 3 is 3.14 bits per heavy atom. The van der Waals surface area contributed by atoms with Crippen molar-refractivity contribution in [2.24, 2.45) is 9.98 Å². The molecule has 0 radical (unpaired) electrons. The van der Waals surface area contributed by atoms with E-state index in [1.165, 1.54) is 0 Å². The molecule has 0 fully saturated rings. The van der Waals surface area contributed by atoms with Crippen molar-refractivity contribution in [1.29, 1.82) is 0 Å². The van der Waals surface area contributed by atoms with E-state index in [2.05, 4.69) is 14.8 Å². The normalized spacial score (nSPS) is 13.8. The van der Waals surface area contributed by atoms with Crippen LogP contribution in [0.25, 0.3) is 5.53 Å². The molecular formula is C8H10N4O2. The second-order valence-electron chi connectivity index (χ2n) is 2.64. The summed E-state index contributed by atoms with van der Waals surface area (Å²) in [5.74, 6) is -0.713. The Morgan fingerprint density at radius 2 is 2.50 bits per heavy atom. The molecule has 0 N–H and O–H groups in total. The van der Waals surface area contributed by atoms with E-state index < -0.39 is 5.97 Å². The average molecular weight is 194 g/mol. The summed E-state index contributed by atoms with van der Waals surface area (Å²) < 4.78 is 4.86. The molecule has 0 aliphatic carbocycles. The number of hydrogen-bond donors (Lipinski definition) is 0. The van der Waals surface area contributed by atoms with Crippen molar-refractivity contribution in [1.82, 2.24) is 0 Å². The van der Waals surface area contributed by atoms with E-state index >= 15 is 0 Å². The first-order chi connectivity index (χ1) is 6.79. The zero-order valence-electron chi connectivity index (χ0n) is 7.80. The number of carbonyl (C=O) groups is 1. The van der Waals surface area contributed by atoms with Gasteiger partial charge in [-0.05, 0) is 11.4 Å². The van der Waals surface area contributed by atoms with Crippen LogP contribution in [0.2, 0.25) is 0 Å². The van der Waals surface area contributed by atoms with Crippen LogP contribution in [0, 0.1) is 0 Å². The molecule has 0 aromatic rings. The number of hydrogen-bond acceptors (Lipinski definition) is 3. The highest BCUT2D eigenvalue weighted by Crippen LogP contribution is 1.96. The van der Waals surface area contributed by atoms with Crippen LogP contribution >= 0.6 is 0 Å². The predicted molar refractivity (Wildman–Crippen MR) is 50.4 cm³/mol. The van der Waals surface area contributed by atoms with E-state index in [-0.39, 0.29) is 11.5 Å². The first-order valence-corrected chi connectivity index (χ1v) is 4.29. The topological polar surface area (TPSA) is 87.4 Å². The third kappa shape index (κ3) is 2.34. The SMILES string of the molecule is CCCCOC(=O)C1=NC=NC1=[N+]=[N-]. The number of unbranched alkanes of at least 4 members (excludes halogenated alkanes) is 1. The second kappa shape index (κ2) is 5.04. The van der Waals surface area contributed by atoms with E-state index in [1.807, 2.05) is 6.92 Å². The molecule has 0 aromatic heterocycles. The number of esters is 1. The van der Waals surface area contributed by atoms with E-state index in [0.29, 0.717) is 6.61 Å². The summed E-state index contributed by atoms with van der Waals surface area (Å²) in [4.78, 5) is 21.3. The highest BCUT2D eigenvalue weighted by atomic mass is 16.5. The number of rotatable bonds is 4. The maximum Gasteiger partial charge on any atom is 0.436 e. The lowest BCUT2D eigenvalue weighted by Crippen LogP contribution is -2.24. The molecule has 1 heterocycles. The van der Waals surface area contributed by atoms with Crippen molar-refractivity contribution in [3.05, 3.63) is 5.53 Å². The standard InChI is InChI=1S/C8H10N4O2/c1-2-3-4-14-8(13)6-7(12-9)11-5-10-6/h5H,2-4H2,1H3. The summed E-state index contributed by atoms with van der Waals surface area (Å²) in [5.41, 5.74) is 8.39. The summed E-state index contributed by atoms with van der Waals surface area (Å²) >= 11 is 0. The number of amidine groups is 1. The minimum absolute atomic E-state index is 0.0522. The Balaban J connectivity index is 2.51. The van der Waals surface area contributed by atoms with E-state index in [1.54, 1.807) is 0 Å². The predicted octanol–water partition coefficient (Wildman–Crippen LogP) is 0.441. The molecular weight excluding hydrogens is 184 g/mol. The number of carbonyl (C=O) groups excluding carboxylic acids is 1. The first kappa shape index (κ1) is 10.3. The summed E-state index contributed by atoms with van der Waals surface area (Å²) in [6, 6.07) is 0. The van der Waals surface area contributed by atoms with Gasteiger partial charge in [-0.3, -0.25) is 0 Å². The van der Waals surface area contributed by atoms with Crippen LogP contribution in [0.1, 0.15) is 19.8 Å². The average Bonchev–Trinajstić information content (AvgIpc) is 2.65. The smallest absolute Gasteiger partial charge is 0.436 e. The van der Waals surface area contributed by atoms with Crippen LogP contribution in [-0.2, 0) is 9.53 Å². The fraction of sp³-hybridized carbons (Fsp3) is 0.500. The fourth-order valence-corrected chi connectivity index (χ4v) is 0.855. The van der Waals surface area contributed by atoms with E-state index in [0.717, 1.165) is 19.2 Å². The Bertz CT molecular complexity index is 339. The van der Waals surface area contributed by atoms with Crippen molar-refractivity contribution in [2.75, 3.05) is 6.61 Å². The molecule has 14 heavy (non-hydrogen) atoms. The molecule has 0 bridgehead atoms. The van der Waals surface area contributed by atoms with Crippen molar-refractivity contribution in [3.8, 4) is 0 Å². The van der Waals surface area contributed by atoms with Crippen molar-refractivity contribution < 1.29 is 14.3 Å². The Hall–Kier alpha value is -1.81. The minimum Gasteiger partial charge on any atom is -0.497 e. The summed E-state index contributed by atoms with van der Waals surface area (Å²) in [5, 5.41) is 0. The molecule has 0 saturated carbocycles. The van der Waals surface area contributed by atoms with Crippen LogP contribution in [0.3, 0.4) is 0 Å². The molecule has 1 aliphatic heterocycles. The van der Waals surface area contributed by atoms with Gasteiger partial charge < -0.3 is 15.1 Å². The van der Waals surface area contributed by atoms with Gasteiger partial charge in [0, 0.05) is 0 Å². The lowest BCUT2D eigenvalue weighted by atomic mass is 10.3. The Kier molecular flexibility index (Phi) is 3.69. The molecule has 0 unspecified atom stereocenters. The number of aliphatic imine (C=N–C) groups is 2. The molecule has 1 aliphatic rings. The minimum atomic E-state index is -0.608. The zero-order valence-corrected chi connectivity index (χ0v) is 7.80. The maximum absolute atomic E-state index is 11.3. The second-order valence-corrected chi connectivity index (χ2v) is 2.64. The van der Waals surface area contributed by atoms with Gasteiger partial charge in [0.25, 0.3) is 5.71 Å².